The molecule has 2 aliphatic rings. The molecule has 7 nitrogen and oxygen atoms in total. The van der Waals surface area contributed by atoms with Crippen molar-refractivity contribution in [2.24, 2.45) is 0 Å². The smallest absolute Gasteiger partial charge is 0.300 e. The van der Waals surface area contributed by atoms with Crippen LogP contribution in [0.1, 0.15) is 28.3 Å². The number of hydrogen-bond donors (Lipinski definition) is 1. The monoisotopic (exact) mass is 471 g/mol. The molecular formula is C28H25NO6. The number of ketones is 1. The first-order valence-electron chi connectivity index (χ1n) is 11.3. The first-order chi connectivity index (χ1) is 16.9. The van der Waals surface area contributed by atoms with Crippen molar-refractivity contribution in [3.63, 3.8) is 0 Å². The van der Waals surface area contributed by atoms with E-state index in [9.17, 15) is 14.7 Å². The quantitative estimate of drug-likeness (QED) is 0.337. The minimum atomic E-state index is -0.848. The van der Waals surface area contributed by atoms with E-state index >= 15 is 0 Å². The Morgan fingerprint density at radius 1 is 0.971 bits per heavy atom. The van der Waals surface area contributed by atoms with Crippen molar-refractivity contribution in [3.05, 3.63) is 88.5 Å². The zero-order valence-electron chi connectivity index (χ0n) is 19.7. The Morgan fingerprint density at radius 2 is 1.74 bits per heavy atom. The normalized spacial score (nSPS) is 18.6. The van der Waals surface area contributed by atoms with Gasteiger partial charge >= 0.3 is 0 Å². The summed E-state index contributed by atoms with van der Waals surface area (Å²) in [5, 5.41) is 11.4. The highest BCUT2D eigenvalue weighted by Crippen LogP contribution is 2.44. The van der Waals surface area contributed by atoms with E-state index in [-0.39, 0.29) is 11.3 Å². The average Bonchev–Trinajstić information content (AvgIpc) is 3.15. The van der Waals surface area contributed by atoms with Crippen LogP contribution in [0.3, 0.4) is 0 Å². The van der Waals surface area contributed by atoms with Gasteiger partial charge in [0.2, 0.25) is 0 Å². The van der Waals surface area contributed by atoms with Crippen LogP contribution in [-0.4, -0.2) is 37.1 Å². The first kappa shape index (κ1) is 22.5. The summed E-state index contributed by atoms with van der Waals surface area (Å²) in [6.07, 6.45) is 0. The van der Waals surface area contributed by atoms with Gasteiger partial charge < -0.3 is 19.3 Å². The molecule has 7 heteroatoms. The Balaban J connectivity index is 1.73. The molecule has 1 unspecified atom stereocenters. The van der Waals surface area contributed by atoms with Gasteiger partial charge in [0.05, 0.1) is 18.7 Å². The number of ether oxygens (including phenoxy) is 3. The average molecular weight is 472 g/mol. The van der Waals surface area contributed by atoms with E-state index in [0.29, 0.717) is 47.3 Å². The second-order valence-electron chi connectivity index (χ2n) is 8.59. The molecule has 0 spiro atoms. The number of benzene rings is 3. The Bertz CT molecular complexity index is 1380. The second-order valence-corrected chi connectivity index (χ2v) is 8.59. The van der Waals surface area contributed by atoms with E-state index < -0.39 is 17.7 Å². The number of nitrogens with zero attached hydrogens (tertiary/aromatic N) is 1. The number of carbonyl (C=O) groups is 2. The molecule has 1 fully saturated rings. The lowest BCUT2D eigenvalue weighted by molar-refractivity contribution is -0.132. The predicted molar refractivity (Wildman–Crippen MR) is 131 cm³/mol. The maximum absolute atomic E-state index is 13.4. The second kappa shape index (κ2) is 8.83. The van der Waals surface area contributed by atoms with Crippen molar-refractivity contribution in [1.29, 1.82) is 0 Å². The van der Waals surface area contributed by atoms with Crippen LogP contribution in [0.4, 0.5) is 5.69 Å². The van der Waals surface area contributed by atoms with Crippen LogP contribution in [0.25, 0.3) is 5.76 Å². The van der Waals surface area contributed by atoms with Crippen molar-refractivity contribution in [1.82, 2.24) is 0 Å². The third kappa shape index (κ3) is 3.89. The van der Waals surface area contributed by atoms with Crippen LogP contribution in [0, 0.1) is 13.8 Å². The summed E-state index contributed by atoms with van der Waals surface area (Å²) in [5.41, 5.74) is 3.40. The Labute approximate surface area is 203 Å². The fourth-order valence-electron chi connectivity index (χ4n) is 4.53. The number of amides is 1. The lowest BCUT2D eigenvalue weighted by atomic mass is 9.94. The van der Waals surface area contributed by atoms with Crippen LogP contribution in [0.5, 0.6) is 17.2 Å². The molecule has 1 atom stereocenters. The van der Waals surface area contributed by atoms with Gasteiger partial charge in [-0.1, -0.05) is 24.3 Å². The molecule has 5 rings (SSSR count). The molecule has 2 heterocycles. The van der Waals surface area contributed by atoms with Crippen LogP contribution >= 0.6 is 0 Å². The number of Topliss-reactive ketones (excluding diaryl/α,β-unsaturated/α-hetero) is 1. The largest absolute Gasteiger partial charge is 0.507 e. The van der Waals surface area contributed by atoms with E-state index in [1.54, 1.807) is 43.5 Å². The van der Waals surface area contributed by atoms with Crippen molar-refractivity contribution in [2.45, 2.75) is 19.9 Å². The number of hydrogen-bond acceptors (Lipinski definition) is 6. The summed E-state index contributed by atoms with van der Waals surface area (Å²) in [4.78, 5) is 28.3. The van der Waals surface area contributed by atoms with Crippen LogP contribution in [0.15, 0.2) is 66.2 Å². The number of anilines is 1. The van der Waals surface area contributed by atoms with Crippen molar-refractivity contribution in [2.75, 3.05) is 25.2 Å². The lowest BCUT2D eigenvalue weighted by Gasteiger charge is -2.27. The van der Waals surface area contributed by atoms with Crippen molar-refractivity contribution in [3.8, 4) is 17.2 Å². The topological polar surface area (TPSA) is 85.3 Å². The summed E-state index contributed by atoms with van der Waals surface area (Å²) in [5.74, 6) is -0.124. The van der Waals surface area contributed by atoms with Crippen LogP contribution in [0.2, 0.25) is 0 Å². The van der Waals surface area contributed by atoms with E-state index in [1.165, 1.54) is 4.90 Å². The fraction of sp³-hybridized carbons (Fsp3) is 0.214. The standard InChI is InChI=1S/C28H25NO6/c1-16-7-8-17(2)21(13-16)29-25(18-5-4-6-20(14-18)33-3)24(27(31)28(29)32)26(30)19-9-10-22-23(15-19)35-12-11-34-22/h4-10,13-15,25,30H,11-12H2,1-3H3/b26-24-. The maximum atomic E-state index is 13.4. The molecule has 1 saturated heterocycles. The summed E-state index contributed by atoms with van der Waals surface area (Å²) < 4.78 is 16.6. The Hall–Kier alpha value is -4.26. The van der Waals surface area contributed by atoms with Gasteiger partial charge in [-0.05, 0) is 66.9 Å². The molecular weight excluding hydrogens is 446 g/mol. The van der Waals surface area contributed by atoms with E-state index in [4.69, 9.17) is 14.2 Å². The molecule has 0 aromatic heterocycles. The Kier molecular flexibility index (Phi) is 5.68. The molecule has 1 N–H and O–H groups in total. The fourth-order valence-corrected chi connectivity index (χ4v) is 4.53. The molecule has 0 radical (unpaired) electrons. The molecule has 2 aliphatic heterocycles. The number of methoxy groups -OCH3 is 1. The number of aliphatic hydroxyl groups is 1. The molecule has 35 heavy (non-hydrogen) atoms. The van der Waals surface area contributed by atoms with Gasteiger partial charge in [-0.25, -0.2) is 0 Å². The van der Waals surface area contributed by atoms with Gasteiger partial charge in [0.1, 0.15) is 24.7 Å². The van der Waals surface area contributed by atoms with Crippen molar-refractivity contribution < 1.29 is 28.9 Å². The number of carbonyl (C=O) groups excluding carboxylic acids is 2. The highest BCUT2D eigenvalue weighted by molar-refractivity contribution is 6.51. The van der Waals surface area contributed by atoms with Gasteiger partial charge in [-0.2, -0.15) is 0 Å². The minimum Gasteiger partial charge on any atom is -0.507 e. The number of rotatable bonds is 4. The van der Waals surface area contributed by atoms with Gasteiger partial charge in [-0.3, -0.25) is 14.5 Å². The van der Waals surface area contributed by atoms with Gasteiger partial charge in [0.25, 0.3) is 11.7 Å². The SMILES string of the molecule is COc1cccc(C2/C(=C(/O)c3ccc4c(c3)OCCO4)C(=O)C(=O)N2c2cc(C)ccc2C)c1. The molecule has 0 bridgehead atoms. The number of aryl methyl sites for hydroxylation is 2. The van der Waals surface area contributed by atoms with Gasteiger partial charge in [0.15, 0.2) is 11.5 Å². The molecule has 0 aliphatic carbocycles. The van der Waals surface area contributed by atoms with Crippen molar-refractivity contribution >= 4 is 23.1 Å². The summed E-state index contributed by atoms with van der Waals surface area (Å²) in [6.45, 7) is 4.64. The summed E-state index contributed by atoms with van der Waals surface area (Å²) in [7, 11) is 1.55. The number of fused-ring (bicyclic) bond motifs is 1. The van der Waals surface area contributed by atoms with E-state index in [0.717, 1.165) is 11.1 Å². The zero-order valence-corrected chi connectivity index (χ0v) is 19.7. The van der Waals surface area contributed by atoms with E-state index in [2.05, 4.69) is 0 Å². The maximum Gasteiger partial charge on any atom is 0.300 e. The summed E-state index contributed by atoms with van der Waals surface area (Å²) >= 11 is 0. The lowest BCUT2D eigenvalue weighted by Crippen LogP contribution is -2.30. The molecule has 3 aromatic carbocycles. The summed E-state index contributed by atoms with van der Waals surface area (Å²) in [6, 6.07) is 17.0. The molecule has 1 amide bonds. The Morgan fingerprint density at radius 3 is 2.51 bits per heavy atom. The minimum absolute atomic E-state index is 0.000775. The van der Waals surface area contributed by atoms with Gasteiger partial charge in [-0.15, -0.1) is 0 Å². The van der Waals surface area contributed by atoms with Crippen LogP contribution < -0.4 is 19.1 Å². The third-order valence-corrected chi connectivity index (χ3v) is 6.29. The highest BCUT2D eigenvalue weighted by atomic mass is 16.6. The highest BCUT2D eigenvalue weighted by Gasteiger charge is 2.47. The molecule has 3 aromatic rings. The molecule has 0 saturated carbocycles. The first-order valence-corrected chi connectivity index (χ1v) is 11.3. The third-order valence-electron chi connectivity index (χ3n) is 6.29. The molecule has 178 valence electrons. The van der Waals surface area contributed by atoms with Crippen LogP contribution in [-0.2, 0) is 9.59 Å². The zero-order chi connectivity index (χ0) is 24.7. The van der Waals surface area contributed by atoms with E-state index in [1.807, 2.05) is 38.1 Å². The van der Waals surface area contributed by atoms with Gasteiger partial charge in [0, 0.05) is 11.3 Å². The number of aliphatic hydroxyl groups excluding tert-OH is 1. The predicted octanol–water partition coefficient (Wildman–Crippen LogP) is 4.71.